The first-order valence-electron chi connectivity index (χ1n) is 8.03. The number of aliphatic hydroxyl groups is 1. The second-order valence-electron chi connectivity index (χ2n) is 6.15. The van der Waals surface area contributed by atoms with Crippen molar-refractivity contribution in [3.05, 3.63) is 23.8 Å². The van der Waals surface area contributed by atoms with Gasteiger partial charge in [0, 0.05) is 0 Å². The molecule has 0 bridgehead atoms. The Kier molecular flexibility index (Phi) is 7.03. The molecule has 0 spiro atoms. The summed E-state index contributed by atoms with van der Waals surface area (Å²) in [6.07, 6.45) is 2.31. The topological polar surface area (TPSA) is 38.7 Å². The number of ether oxygens (including phenoxy) is 2. The summed E-state index contributed by atoms with van der Waals surface area (Å²) < 4.78 is 11.5. The predicted molar refractivity (Wildman–Crippen MR) is 87.0 cm³/mol. The number of aliphatic hydroxyl groups excluding tert-OH is 1. The molecule has 0 aliphatic heterocycles. The maximum Gasteiger partial charge on any atom is 0.161 e. The van der Waals surface area contributed by atoms with Crippen LogP contribution in [0.4, 0.5) is 0 Å². The molecular formula is C18H30O3. The van der Waals surface area contributed by atoms with Crippen LogP contribution in [0, 0.1) is 5.41 Å². The highest BCUT2D eigenvalue weighted by molar-refractivity contribution is 5.44. The fourth-order valence-corrected chi connectivity index (χ4v) is 2.00. The lowest BCUT2D eigenvalue weighted by atomic mass is 9.80. The molecule has 0 amide bonds. The molecule has 0 heterocycles. The molecule has 1 N–H and O–H groups in total. The molecule has 1 unspecified atom stereocenters. The smallest absolute Gasteiger partial charge is 0.161 e. The van der Waals surface area contributed by atoms with Crippen LogP contribution < -0.4 is 9.47 Å². The zero-order valence-corrected chi connectivity index (χ0v) is 14.1. The summed E-state index contributed by atoms with van der Waals surface area (Å²) in [4.78, 5) is 0. The lowest BCUT2D eigenvalue weighted by molar-refractivity contribution is 0.0463. The molecular weight excluding hydrogens is 264 g/mol. The molecule has 0 radical (unpaired) electrons. The first kappa shape index (κ1) is 17.8. The molecule has 0 aromatic heterocycles. The van der Waals surface area contributed by atoms with Gasteiger partial charge in [-0.3, -0.25) is 0 Å². The molecule has 3 nitrogen and oxygen atoms in total. The summed E-state index contributed by atoms with van der Waals surface area (Å²) in [5, 5.41) is 10.6. The van der Waals surface area contributed by atoms with E-state index in [1.165, 1.54) is 0 Å². The quantitative estimate of drug-likeness (QED) is 0.715. The van der Waals surface area contributed by atoms with Gasteiger partial charge in [-0.2, -0.15) is 0 Å². The molecule has 21 heavy (non-hydrogen) atoms. The zero-order valence-electron chi connectivity index (χ0n) is 14.1. The minimum atomic E-state index is -0.508. The summed E-state index contributed by atoms with van der Waals surface area (Å²) in [7, 11) is 0. The zero-order chi connectivity index (χ0) is 15.9. The van der Waals surface area contributed by atoms with Crippen molar-refractivity contribution in [2.45, 2.75) is 60.0 Å². The molecule has 0 aliphatic rings. The highest BCUT2D eigenvalue weighted by atomic mass is 16.5. The molecule has 0 saturated carbocycles. The summed E-state index contributed by atoms with van der Waals surface area (Å²) in [6.45, 7) is 11.7. The van der Waals surface area contributed by atoms with Gasteiger partial charge in [0.05, 0.1) is 19.3 Å². The third-order valence-corrected chi connectivity index (χ3v) is 3.86. The molecule has 1 aromatic rings. The van der Waals surface area contributed by atoms with Crippen molar-refractivity contribution in [3.63, 3.8) is 0 Å². The minimum absolute atomic E-state index is 0.159. The first-order chi connectivity index (χ1) is 9.96. The van der Waals surface area contributed by atoms with Crippen molar-refractivity contribution < 1.29 is 14.6 Å². The van der Waals surface area contributed by atoms with E-state index in [9.17, 15) is 5.11 Å². The van der Waals surface area contributed by atoms with Crippen LogP contribution in [-0.2, 0) is 0 Å². The molecule has 1 rings (SSSR count). The molecule has 0 fully saturated rings. The van der Waals surface area contributed by atoms with E-state index >= 15 is 0 Å². The Labute approximate surface area is 129 Å². The van der Waals surface area contributed by atoms with Crippen LogP contribution in [0.3, 0.4) is 0 Å². The van der Waals surface area contributed by atoms with Crippen LogP contribution in [0.2, 0.25) is 0 Å². The van der Waals surface area contributed by atoms with Gasteiger partial charge >= 0.3 is 0 Å². The highest BCUT2D eigenvalue weighted by Crippen LogP contribution is 2.39. The number of hydrogen-bond acceptors (Lipinski definition) is 3. The molecule has 3 heteroatoms. The molecule has 120 valence electrons. The van der Waals surface area contributed by atoms with Crippen molar-refractivity contribution in [3.8, 4) is 11.5 Å². The van der Waals surface area contributed by atoms with Crippen molar-refractivity contribution in [2.24, 2.45) is 5.41 Å². The Balaban J connectivity index is 3.02. The lowest BCUT2D eigenvalue weighted by Crippen LogP contribution is -2.21. The Morgan fingerprint density at radius 3 is 2.10 bits per heavy atom. The van der Waals surface area contributed by atoms with Crippen LogP contribution in [-0.4, -0.2) is 18.3 Å². The average Bonchev–Trinajstić information content (AvgIpc) is 2.50. The number of benzene rings is 1. The summed E-state index contributed by atoms with van der Waals surface area (Å²) in [6, 6.07) is 5.76. The maximum absolute atomic E-state index is 10.6. The van der Waals surface area contributed by atoms with E-state index in [0.29, 0.717) is 13.2 Å². The van der Waals surface area contributed by atoms with E-state index in [1.54, 1.807) is 0 Å². The van der Waals surface area contributed by atoms with Crippen LogP contribution >= 0.6 is 0 Å². The van der Waals surface area contributed by atoms with Crippen LogP contribution in [0.5, 0.6) is 11.5 Å². The van der Waals surface area contributed by atoms with Gasteiger partial charge in [0.1, 0.15) is 0 Å². The molecule has 0 aliphatic carbocycles. The molecule has 0 saturated heterocycles. The van der Waals surface area contributed by atoms with Crippen molar-refractivity contribution in [1.29, 1.82) is 0 Å². The predicted octanol–water partition coefficient (Wildman–Crippen LogP) is 4.73. The van der Waals surface area contributed by atoms with Gasteiger partial charge in [0.2, 0.25) is 0 Å². The third-order valence-electron chi connectivity index (χ3n) is 3.86. The molecule has 1 aromatic carbocycles. The monoisotopic (exact) mass is 294 g/mol. The maximum atomic E-state index is 10.6. The van der Waals surface area contributed by atoms with Crippen molar-refractivity contribution in [1.82, 2.24) is 0 Å². The fraction of sp³-hybridized carbons (Fsp3) is 0.667. The first-order valence-corrected chi connectivity index (χ1v) is 8.03. The van der Waals surface area contributed by atoms with Gasteiger partial charge in [0.25, 0.3) is 0 Å². The lowest BCUT2D eigenvalue weighted by Gasteiger charge is -2.30. The summed E-state index contributed by atoms with van der Waals surface area (Å²) >= 11 is 0. The van der Waals surface area contributed by atoms with Crippen LogP contribution in [0.15, 0.2) is 18.2 Å². The summed E-state index contributed by atoms with van der Waals surface area (Å²) in [5.74, 6) is 1.49. The standard InChI is InChI=1S/C18H30O3/c1-6-11-20-15-10-9-14(13-16(15)21-12-7-2)17(19)18(4,5)8-3/h9-10,13,17,19H,6-8,11-12H2,1-5H3. The van der Waals surface area contributed by atoms with Gasteiger partial charge in [-0.25, -0.2) is 0 Å². The van der Waals surface area contributed by atoms with E-state index < -0.39 is 6.10 Å². The van der Waals surface area contributed by atoms with E-state index in [2.05, 4.69) is 34.6 Å². The van der Waals surface area contributed by atoms with E-state index in [-0.39, 0.29) is 5.41 Å². The van der Waals surface area contributed by atoms with E-state index in [1.807, 2.05) is 18.2 Å². The van der Waals surface area contributed by atoms with E-state index in [4.69, 9.17) is 9.47 Å². The highest BCUT2D eigenvalue weighted by Gasteiger charge is 2.28. The second-order valence-corrected chi connectivity index (χ2v) is 6.15. The van der Waals surface area contributed by atoms with Crippen molar-refractivity contribution in [2.75, 3.05) is 13.2 Å². The summed E-state index contributed by atoms with van der Waals surface area (Å²) in [5.41, 5.74) is 0.727. The molecule has 1 atom stereocenters. The minimum Gasteiger partial charge on any atom is -0.490 e. The number of rotatable bonds is 9. The average molecular weight is 294 g/mol. The van der Waals surface area contributed by atoms with Gasteiger partial charge in [-0.05, 0) is 42.4 Å². The van der Waals surface area contributed by atoms with E-state index in [0.717, 1.165) is 36.3 Å². The largest absolute Gasteiger partial charge is 0.490 e. The van der Waals surface area contributed by atoms with Crippen LogP contribution in [0.25, 0.3) is 0 Å². The normalized spacial score (nSPS) is 13.0. The van der Waals surface area contributed by atoms with Crippen LogP contribution in [0.1, 0.15) is 65.5 Å². The van der Waals surface area contributed by atoms with Gasteiger partial charge < -0.3 is 14.6 Å². The van der Waals surface area contributed by atoms with Gasteiger partial charge in [-0.1, -0.05) is 40.7 Å². The Bertz CT molecular complexity index is 426. The Morgan fingerprint density at radius 2 is 1.57 bits per heavy atom. The third kappa shape index (κ3) is 4.92. The Hall–Kier alpha value is -1.22. The fourth-order valence-electron chi connectivity index (χ4n) is 2.00. The Morgan fingerprint density at radius 1 is 1.00 bits per heavy atom. The van der Waals surface area contributed by atoms with Gasteiger partial charge in [-0.15, -0.1) is 0 Å². The SMILES string of the molecule is CCCOc1ccc(C(O)C(C)(C)CC)cc1OCCC. The second kappa shape index (κ2) is 8.28. The van der Waals surface area contributed by atoms with Crippen molar-refractivity contribution >= 4 is 0 Å². The van der Waals surface area contributed by atoms with Gasteiger partial charge in [0.15, 0.2) is 11.5 Å². The number of hydrogen-bond donors (Lipinski definition) is 1.